The van der Waals surface area contributed by atoms with Gasteiger partial charge in [0.25, 0.3) is 0 Å². The molecule has 0 saturated carbocycles. The number of hydrogen-bond acceptors (Lipinski definition) is 6. The van der Waals surface area contributed by atoms with Crippen LogP contribution in [0.15, 0.2) is 24.4 Å². The Labute approximate surface area is 150 Å². The van der Waals surface area contributed by atoms with E-state index in [-0.39, 0.29) is 22.9 Å². The molecule has 27 heavy (non-hydrogen) atoms. The number of anilines is 1. The van der Waals surface area contributed by atoms with E-state index in [0.29, 0.717) is 16.6 Å². The Bertz CT molecular complexity index is 1140. The molecule has 0 fully saturated rings. The van der Waals surface area contributed by atoms with Crippen LogP contribution < -0.4 is 10.5 Å². The van der Waals surface area contributed by atoms with Crippen molar-refractivity contribution in [2.45, 2.75) is 6.04 Å². The number of nitrogens with zero attached hydrogens (tertiary/aromatic N) is 6. The molecule has 0 spiro atoms. The molecule has 0 aliphatic rings. The lowest BCUT2D eigenvalue weighted by Gasteiger charge is -2.10. The summed E-state index contributed by atoms with van der Waals surface area (Å²) in [7, 11) is 1.38. The summed E-state index contributed by atoms with van der Waals surface area (Å²) in [4.78, 5) is 3.97. The molecule has 8 nitrogen and oxygen atoms in total. The molecule has 0 saturated heterocycles. The molecular weight excluding hydrogens is 363 g/mol. The Hall–Kier alpha value is -3.37. The van der Waals surface area contributed by atoms with Crippen LogP contribution in [-0.2, 0) is 0 Å². The van der Waals surface area contributed by atoms with E-state index in [2.05, 4.69) is 20.4 Å². The molecular formula is C16H14F3N7O. The van der Waals surface area contributed by atoms with E-state index in [0.717, 1.165) is 10.9 Å². The van der Waals surface area contributed by atoms with Crippen molar-refractivity contribution in [1.29, 1.82) is 0 Å². The first-order valence-corrected chi connectivity index (χ1v) is 7.93. The third-order valence-corrected chi connectivity index (χ3v) is 4.22. The maximum Gasteiger partial charge on any atom is 0.243 e. The highest BCUT2D eigenvalue weighted by atomic mass is 19.1. The van der Waals surface area contributed by atoms with Gasteiger partial charge in [0.1, 0.15) is 30.4 Å². The van der Waals surface area contributed by atoms with Crippen LogP contribution in [0.4, 0.5) is 19.1 Å². The Kier molecular flexibility index (Phi) is 4.05. The maximum absolute atomic E-state index is 14.7. The average Bonchev–Trinajstić information content (AvgIpc) is 3.22. The minimum atomic E-state index is -1.10. The van der Waals surface area contributed by atoms with E-state index in [4.69, 9.17) is 10.5 Å². The summed E-state index contributed by atoms with van der Waals surface area (Å²) in [6.45, 7) is -1.88. The molecule has 3 aromatic heterocycles. The van der Waals surface area contributed by atoms with Gasteiger partial charge in [-0.3, -0.25) is 0 Å². The summed E-state index contributed by atoms with van der Waals surface area (Å²) in [5.41, 5.74) is 7.28. The molecule has 11 heteroatoms. The predicted octanol–water partition coefficient (Wildman–Crippen LogP) is 2.35. The average molecular weight is 377 g/mol. The zero-order valence-corrected chi connectivity index (χ0v) is 14.1. The standard InChI is InChI=1S/C16H14F3N7O/c1-27-15-14-13(10(19)7-25(14)23-16(20)21-15)8-2-3-11-12(4-8)26(24-22-11)9(5-17)6-18/h2-4,7,9H,5-6H2,1H3,(H2,20,23). The second kappa shape index (κ2) is 6.41. The first-order chi connectivity index (χ1) is 13.1. The van der Waals surface area contributed by atoms with Gasteiger partial charge in [-0.25, -0.2) is 22.4 Å². The van der Waals surface area contributed by atoms with Crippen molar-refractivity contribution in [2.24, 2.45) is 0 Å². The summed E-state index contributed by atoms with van der Waals surface area (Å²) in [6.07, 6.45) is 1.15. The molecule has 0 atom stereocenters. The third kappa shape index (κ3) is 2.62. The molecule has 0 radical (unpaired) electrons. The van der Waals surface area contributed by atoms with E-state index < -0.39 is 25.2 Å². The van der Waals surface area contributed by atoms with Crippen molar-refractivity contribution < 1.29 is 17.9 Å². The van der Waals surface area contributed by atoms with Crippen molar-refractivity contribution in [2.75, 3.05) is 26.2 Å². The highest BCUT2D eigenvalue weighted by Crippen LogP contribution is 2.35. The Morgan fingerprint density at radius 2 is 2.04 bits per heavy atom. The number of benzene rings is 1. The summed E-state index contributed by atoms with van der Waals surface area (Å²) >= 11 is 0. The summed E-state index contributed by atoms with van der Waals surface area (Å²) in [6, 6.07) is 3.67. The minimum Gasteiger partial charge on any atom is -0.479 e. The largest absolute Gasteiger partial charge is 0.479 e. The Morgan fingerprint density at radius 1 is 1.26 bits per heavy atom. The van der Waals surface area contributed by atoms with Crippen LogP contribution in [0.3, 0.4) is 0 Å². The normalized spacial score (nSPS) is 11.7. The smallest absolute Gasteiger partial charge is 0.243 e. The van der Waals surface area contributed by atoms with Crippen LogP contribution in [-0.4, -0.2) is 50.1 Å². The van der Waals surface area contributed by atoms with Gasteiger partial charge < -0.3 is 10.5 Å². The zero-order chi connectivity index (χ0) is 19.1. The van der Waals surface area contributed by atoms with Gasteiger partial charge in [-0.2, -0.15) is 4.98 Å². The van der Waals surface area contributed by atoms with Gasteiger partial charge >= 0.3 is 0 Å². The fraction of sp³-hybridized carbons (Fsp3) is 0.250. The van der Waals surface area contributed by atoms with E-state index >= 15 is 0 Å². The number of alkyl halides is 2. The van der Waals surface area contributed by atoms with Crippen molar-refractivity contribution in [1.82, 2.24) is 29.6 Å². The second-order valence-corrected chi connectivity index (χ2v) is 5.82. The molecule has 0 aliphatic carbocycles. The van der Waals surface area contributed by atoms with Gasteiger partial charge in [-0.05, 0) is 17.7 Å². The number of nitrogens with two attached hydrogens (primary N) is 1. The predicted molar refractivity (Wildman–Crippen MR) is 91.4 cm³/mol. The van der Waals surface area contributed by atoms with E-state index in [9.17, 15) is 13.2 Å². The molecule has 2 N–H and O–H groups in total. The van der Waals surface area contributed by atoms with Crippen LogP contribution in [0.2, 0.25) is 0 Å². The molecule has 3 heterocycles. The Balaban J connectivity index is 1.97. The number of rotatable bonds is 5. The van der Waals surface area contributed by atoms with E-state index in [1.54, 1.807) is 18.2 Å². The number of nitrogen functional groups attached to an aromatic ring is 1. The lowest BCUT2D eigenvalue weighted by Crippen LogP contribution is -2.14. The number of fused-ring (bicyclic) bond motifs is 2. The number of hydrogen-bond donors (Lipinski definition) is 1. The molecule has 4 rings (SSSR count). The van der Waals surface area contributed by atoms with Crippen LogP contribution in [0.5, 0.6) is 5.88 Å². The van der Waals surface area contributed by atoms with Gasteiger partial charge in [0, 0.05) is 0 Å². The molecule has 0 unspecified atom stereocenters. The van der Waals surface area contributed by atoms with Crippen molar-refractivity contribution in [3.05, 3.63) is 30.2 Å². The molecule has 0 aliphatic heterocycles. The van der Waals surface area contributed by atoms with Crippen molar-refractivity contribution in [3.8, 4) is 17.0 Å². The van der Waals surface area contributed by atoms with Gasteiger partial charge in [-0.1, -0.05) is 11.3 Å². The van der Waals surface area contributed by atoms with Gasteiger partial charge in [0.15, 0.2) is 5.82 Å². The lowest BCUT2D eigenvalue weighted by atomic mass is 10.1. The maximum atomic E-state index is 14.7. The fourth-order valence-electron chi connectivity index (χ4n) is 2.99. The SMILES string of the molecule is COc1nc(N)nn2cc(F)c(-c3ccc4nnn(C(CF)CF)c4c3)c12. The minimum absolute atomic E-state index is 0.0765. The monoisotopic (exact) mass is 377 g/mol. The summed E-state index contributed by atoms with van der Waals surface area (Å²) in [5.74, 6) is -0.565. The van der Waals surface area contributed by atoms with Crippen LogP contribution in [0.1, 0.15) is 6.04 Å². The second-order valence-electron chi connectivity index (χ2n) is 5.82. The number of methoxy groups -OCH3 is 1. The number of halogens is 3. The molecule has 0 bridgehead atoms. The topological polar surface area (TPSA) is 96.2 Å². The summed E-state index contributed by atoms with van der Waals surface area (Å²) in [5, 5.41) is 11.7. The van der Waals surface area contributed by atoms with Gasteiger partial charge in [0.05, 0.1) is 24.4 Å². The fourth-order valence-corrected chi connectivity index (χ4v) is 2.99. The van der Waals surface area contributed by atoms with Crippen molar-refractivity contribution in [3.63, 3.8) is 0 Å². The number of aromatic nitrogens is 6. The third-order valence-electron chi connectivity index (χ3n) is 4.22. The first kappa shape index (κ1) is 17.1. The number of ether oxygens (including phenoxy) is 1. The Morgan fingerprint density at radius 3 is 2.74 bits per heavy atom. The lowest BCUT2D eigenvalue weighted by molar-refractivity contribution is 0.274. The first-order valence-electron chi connectivity index (χ1n) is 7.93. The highest BCUT2D eigenvalue weighted by Gasteiger charge is 2.21. The summed E-state index contributed by atoms with van der Waals surface area (Å²) < 4.78 is 48.5. The van der Waals surface area contributed by atoms with Gasteiger partial charge in [0.2, 0.25) is 11.8 Å². The molecule has 140 valence electrons. The van der Waals surface area contributed by atoms with Crippen LogP contribution >= 0.6 is 0 Å². The molecule has 0 amide bonds. The van der Waals surface area contributed by atoms with Crippen molar-refractivity contribution >= 4 is 22.5 Å². The van der Waals surface area contributed by atoms with Crippen LogP contribution in [0, 0.1) is 5.82 Å². The molecule has 1 aromatic carbocycles. The molecule has 4 aromatic rings. The quantitative estimate of drug-likeness (QED) is 0.574. The van der Waals surface area contributed by atoms with E-state index in [1.165, 1.54) is 11.6 Å². The van der Waals surface area contributed by atoms with E-state index in [1.807, 2.05) is 0 Å². The van der Waals surface area contributed by atoms with Crippen LogP contribution in [0.25, 0.3) is 27.7 Å². The zero-order valence-electron chi connectivity index (χ0n) is 14.1. The highest BCUT2D eigenvalue weighted by molar-refractivity contribution is 5.89. The van der Waals surface area contributed by atoms with Gasteiger partial charge in [-0.15, -0.1) is 10.2 Å².